The van der Waals surface area contributed by atoms with Crippen LogP contribution in [0, 0.1) is 0 Å². The summed E-state index contributed by atoms with van der Waals surface area (Å²) >= 11 is 0. The molecule has 1 heterocycles. The lowest BCUT2D eigenvalue weighted by atomic mass is 9.95. The number of carbonyl (C=O) groups is 1. The molecule has 1 aliphatic carbocycles. The quantitative estimate of drug-likeness (QED) is 0.686. The molecule has 0 spiro atoms. The third-order valence-corrected chi connectivity index (χ3v) is 4.79. The molecule has 0 saturated heterocycles. The van der Waals surface area contributed by atoms with Crippen molar-refractivity contribution in [2.75, 3.05) is 5.32 Å². The third-order valence-electron chi connectivity index (χ3n) is 4.79. The van der Waals surface area contributed by atoms with Gasteiger partial charge >= 0.3 is 0 Å². The van der Waals surface area contributed by atoms with E-state index in [0.717, 1.165) is 35.2 Å². The summed E-state index contributed by atoms with van der Waals surface area (Å²) in [6, 6.07) is 17.8. The van der Waals surface area contributed by atoms with Gasteiger partial charge in [-0.25, -0.2) is 0 Å². The van der Waals surface area contributed by atoms with Crippen LogP contribution in [0.25, 0.3) is 11.0 Å². The molecule has 1 fully saturated rings. The van der Waals surface area contributed by atoms with Crippen molar-refractivity contribution in [2.24, 2.45) is 0 Å². The molecule has 4 nitrogen and oxygen atoms in total. The summed E-state index contributed by atoms with van der Waals surface area (Å²) in [5.74, 6) is 0.220. The van der Waals surface area contributed by atoms with Crippen molar-refractivity contribution < 1.29 is 9.21 Å². The molecule has 1 saturated carbocycles. The Morgan fingerprint density at radius 1 is 0.920 bits per heavy atom. The molecule has 0 atom stereocenters. The largest absolute Gasteiger partial charge is 0.449 e. The standard InChI is InChI=1S/C21H22N2O2/c24-21(23-16-11-5-2-6-12-16)20-19(22-15-9-3-1-4-10-15)17-13-7-8-14-18(17)25-20/h1,3-4,7-10,13-14,16,22H,2,5-6,11-12H2,(H,23,24). The normalized spacial score (nSPS) is 15.2. The minimum Gasteiger partial charge on any atom is -0.449 e. The van der Waals surface area contributed by atoms with E-state index < -0.39 is 0 Å². The predicted octanol–water partition coefficient (Wildman–Crippen LogP) is 5.24. The minimum atomic E-state index is -0.137. The van der Waals surface area contributed by atoms with Gasteiger partial charge in [0, 0.05) is 17.1 Å². The Hall–Kier alpha value is -2.75. The summed E-state index contributed by atoms with van der Waals surface area (Å²) in [6.07, 6.45) is 5.72. The molecule has 1 amide bonds. The van der Waals surface area contributed by atoms with Gasteiger partial charge in [-0.05, 0) is 37.1 Å². The van der Waals surface area contributed by atoms with E-state index in [4.69, 9.17) is 4.42 Å². The molecule has 0 aliphatic heterocycles. The maximum absolute atomic E-state index is 12.8. The van der Waals surface area contributed by atoms with Crippen LogP contribution in [-0.2, 0) is 0 Å². The van der Waals surface area contributed by atoms with E-state index >= 15 is 0 Å². The molecule has 2 aromatic carbocycles. The van der Waals surface area contributed by atoms with Gasteiger partial charge in [-0.3, -0.25) is 4.79 Å². The van der Waals surface area contributed by atoms with E-state index in [1.165, 1.54) is 19.3 Å². The highest BCUT2D eigenvalue weighted by Gasteiger charge is 2.24. The van der Waals surface area contributed by atoms with Gasteiger partial charge in [0.2, 0.25) is 5.76 Å². The van der Waals surface area contributed by atoms with Crippen molar-refractivity contribution in [1.82, 2.24) is 5.32 Å². The molecular weight excluding hydrogens is 312 g/mol. The van der Waals surface area contributed by atoms with Crippen LogP contribution >= 0.6 is 0 Å². The van der Waals surface area contributed by atoms with Crippen LogP contribution in [0.2, 0.25) is 0 Å². The van der Waals surface area contributed by atoms with Crippen molar-refractivity contribution in [3.8, 4) is 0 Å². The lowest BCUT2D eigenvalue weighted by Crippen LogP contribution is -2.36. The summed E-state index contributed by atoms with van der Waals surface area (Å²) in [6.45, 7) is 0. The van der Waals surface area contributed by atoms with Gasteiger partial charge < -0.3 is 15.1 Å². The smallest absolute Gasteiger partial charge is 0.289 e. The van der Waals surface area contributed by atoms with Gasteiger partial charge in [0.25, 0.3) is 5.91 Å². The number of fused-ring (bicyclic) bond motifs is 1. The van der Waals surface area contributed by atoms with Gasteiger partial charge in [0.1, 0.15) is 5.58 Å². The van der Waals surface area contributed by atoms with Crippen molar-refractivity contribution in [3.63, 3.8) is 0 Å². The van der Waals surface area contributed by atoms with Gasteiger partial charge in [-0.1, -0.05) is 49.6 Å². The van der Waals surface area contributed by atoms with Gasteiger partial charge in [0.05, 0.1) is 5.69 Å². The number of nitrogens with one attached hydrogen (secondary N) is 2. The van der Waals surface area contributed by atoms with Crippen molar-refractivity contribution in [3.05, 3.63) is 60.4 Å². The number of rotatable bonds is 4. The average Bonchev–Trinajstić information content (AvgIpc) is 3.02. The lowest BCUT2D eigenvalue weighted by Gasteiger charge is -2.22. The van der Waals surface area contributed by atoms with Gasteiger partial charge in [-0.2, -0.15) is 0 Å². The highest BCUT2D eigenvalue weighted by atomic mass is 16.3. The van der Waals surface area contributed by atoms with E-state index in [2.05, 4.69) is 10.6 Å². The summed E-state index contributed by atoms with van der Waals surface area (Å²) < 4.78 is 5.90. The molecule has 4 heteroatoms. The van der Waals surface area contributed by atoms with Gasteiger partial charge in [-0.15, -0.1) is 0 Å². The second-order valence-electron chi connectivity index (χ2n) is 6.60. The SMILES string of the molecule is O=C(NC1CCCCC1)c1oc2ccccc2c1Nc1ccccc1. The van der Waals surface area contributed by atoms with Crippen LogP contribution in [0.15, 0.2) is 59.0 Å². The molecule has 0 bridgehead atoms. The highest BCUT2D eigenvalue weighted by molar-refractivity contribution is 6.07. The summed E-state index contributed by atoms with van der Waals surface area (Å²) in [7, 11) is 0. The molecule has 1 aromatic heterocycles. The molecule has 25 heavy (non-hydrogen) atoms. The maximum atomic E-state index is 12.8. The molecular formula is C21H22N2O2. The second-order valence-corrected chi connectivity index (χ2v) is 6.60. The van der Waals surface area contributed by atoms with E-state index in [0.29, 0.717) is 5.76 Å². The van der Waals surface area contributed by atoms with E-state index in [9.17, 15) is 4.79 Å². The Kier molecular flexibility index (Phi) is 4.42. The van der Waals surface area contributed by atoms with Crippen LogP contribution in [0.4, 0.5) is 11.4 Å². The molecule has 4 rings (SSSR count). The molecule has 0 radical (unpaired) electrons. The Morgan fingerprint density at radius 3 is 2.44 bits per heavy atom. The zero-order chi connectivity index (χ0) is 17.1. The van der Waals surface area contributed by atoms with Crippen LogP contribution in [0.1, 0.15) is 42.7 Å². The number of carbonyl (C=O) groups excluding carboxylic acids is 1. The molecule has 2 N–H and O–H groups in total. The third kappa shape index (κ3) is 3.38. The lowest BCUT2D eigenvalue weighted by molar-refractivity contribution is 0.0903. The van der Waals surface area contributed by atoms with Crippen molar-refractivity contribution in [1.29, 1.82) is 0 Å². The number of hydrogen-bond donors (Lipinski definition) is 2. The average molecular weight is 334 g/mol. The van der Waals surface area contributed by atoms with Crippen LogP contribution < -0.4 is 10.6 Å². The summed E-state index contributed by atoms with van der Waals surface area (Å²) in [4.78, 5) is 12.8. The topological polar surface area (TPSA) is 54.3 Å². The first-order chi connectivity index (χ1) is 12.3. The van der Waals surface area contributed by atoms with E-state index in [1.54, 1.807) is 0 Å². The Labute approximate surface area is 147 Å². The number of benzene rings is 2. The monoisotopic (exact) mass is 334 g/mol. The molecule has 1 aliphatic rings. The highest BCUT2D eigenvalue weighted by Crippen LogP contribution is 2.33. The van der Waals surface area contributed by atoms with Crippen LogP contribution in [-0.4, -0.2) is 11.9 Å². The fraction of sp³-hybridized carbons (Fsp3) is 0.286. The summed E-state index contributed by atoms with van der Waals surface area (Å²) in [5.41, 5.74) is 2.38. The number of anilines is 2. The number of hydrogen-bond acceptors (Lipinski definition) is 3. The number of furan rings is 1. The first-order valence-corrected chi connectivity index (χ1v) is 8.96. The Bertz CT molecular complexity index is 864. The fourth-order valence-electron chi connectivity index (χ4n) is 3.49. The van der Waals surface area contributed by atoms with Crippen molar-refractivity contribution >= 4 is 28.3 Å². The Morgan fingerprint density at radius 2 is 1.64 bits per heavy atom. The maximum Gasteiger partial charge on any atom is 0.289 e. The first-order valence-electron chi connectivity index (χ1n) is 8.96. The first kappa shape index (κ1) is 15.8. The molecule has 128 valence electrons. The number of para-hydroxylation sites is 2. The zero-order valence-electron chi connectivity index (χ0n) is 14.1. The molecule has 0 unspecified atom stereocenters. The van der Waals surface area contributed by atoms with Crippen LogP contribution in [0.5, 0.6) is 0 Å². The van der Waals surface area contributed by atoms with Gasteiger partial charge in [0.15, 0.2) is 0 Å². The fourth-order valence-corrected chi connectivity index (χ4v) is 3.49. The predicted molar refractivity (Wildman–Crippen MR) is 100 cm³/mol. The van der Waals surface area contributed by atoms with E-state index in [-0.39, 0.29) is 11.9 Å². The molecule has 3 aromatic rings. The minimum absolute atomic E-state index is 0.137. The van der Waals surface area contributed by atoms with Crippen molar-refractivity contribution in [2.45, 2.75) is 38.1 Å². The van der Waals surface area contributed by atoms with E-state index in [1.807, 2.05) is 54.6 Å². The Balaban J connectivity index is 1.67. The number of amides is 1. The van der Waals surface area contributed by atoms with Crippen LogP contribution in [0.3, 0.4) is 0 Å². The second kappa shape index (κ2) is 7.01. The zero-order valence-corrected chi connectivity index (χ0v) is 14.1. The summed E-state index contributed by atoms with van der Waals surface area (Å²) in [5, 5.41) is 7.43.